The van der Waals surface area contributed by atoms with Crippen molar-refractivity contribution < 1.29 is 42.1 Å². The Balaban J connectivity index is 1.36. The standard InChI is InChI=1S/C45H54N14O9S3/c1-9-57(10-2)33-22-29(31(24-36(33)67-7)53-55-44-48-27-14-13-26(65-5)21-38(27)69-44)46-41-50-42(52-43(51-41)59(17-19-60)18-20-61)47-30-23-34(58(11-3)12-4)37(68-8)25-32(30)54-56-45-49-28-15-16-35(66-6)40(39(28)70-45)71(62,63)64/h13-16,21-25,60-61H,9-12,17-20H2,1-8H3,(H,62,63,64)(H2,46,47,50,51,52)/b55-53+,56-54+. The molecule has 5 N–H and O–H groups in total. The van der Waals surface area contributed by atoms with Crippen molar-refractivity contribution in [2.45, 2.75) is 32.6 Å². The van der Waals surface area contributed by atoms with E-state index in [0.29, 0.717) is 71.3 Å². The molecule has 3 heterocycles. The number of thiazole rings is 2. The smallest absolute Gasteiger partial charge is 0.299 e. The monoisotopic (exact) mass is 1030 g/mol. The number of azo groups is 2. The van der Waals surface area contributed by atoms with Crippen LogP contribution in [0.15, 0.2) is 79.9 Å². The number of rotatable bonds is 24. The molecule has 0 atom stereocenters. The highest BCUT2D eigenvalue weighted by Gasteiger charge is 2.25. The molecule has 0 spiro atoms. The number of fused-ring (bicyclic) bond motifs is 2. The number of methoxy groups -OCH3 is 4. The third-order valence-electron chi connectivity index (χ3n) is 11.0. The maximum absolute atomic E-state index is 12.4. The first-order chi connectivity index (χ1) is 34.3. The first kappa shape index (κ1) is 51.7. The third-order valence-corrected chi connectivity index (χ3v) is 13.9. The number of aliphatic hydroxyl groups excluding tert-OH is 2. The first-order valence-corrected chi connectivity index (χ1v) is 25.3. The average Bonchev–Trinajstić information content (AvgIpc) is 3.99. The summed E-state index contributed by atoms with van der Waals surface area (Å²) >= 11 is 2.24. The molecule has 7 rings (SSSR count). The van der Waals surface area contributed by atoms with Crippen molar-refractivity contribution in [2.75, 3.05) is 106 Å². The molecule has 0 fully saturated rings. The van der Waals surface area contributed by atoms with E-state index < -0.39 is 15.0 Å². The van der Waals surface area contributed by atoms with Crippen LogP contribution < -0.4 is 44.3 Å². The molecule has 0 aliphatic heterocycles. The fourth-order valence-corrected chi connectivity index (χ4v) is 10.3. The van der Waals surface area contributed by atoms with E-state index in [1.807, 2.05) is 58.0 Å². The molecule has 7 aromatic rings. The second kappa shape index (κ2) is 23.2. The molecule has 0 aliphatic rings. The van der Waals surface area contributed by atoms with Crippen LogP contribution in [0.25, 0.3) is 20.4 Å². The van der Waals surface area contributed by atoms with Crippen LogP contribution in [-0.4, -0.2) is 129 Å². The summed E-state index contributed by atoms with van der Waals surface area (Å²) in [6.07, 6.45) is 0. The van der Waals surface area contributed by atoms with Gasteiger partial charge in [-0.25, -0.2) is 9.97 Å². The number of nitrogens with one attached hydrogen (secondary N) is 2. The summed E-state index contributed by atoms with van der Waals surface area (Å²) in [6.45, 7) is 10.3. The predicted octanol–water partition coefficient (Wildman–Crippen LogP) is 9.17. The van der Waals surface area contributed by atoms with E-state index in [9.17, 15) is 23.2 Å². The Hall–Kier alpha value is -7.10. The molecule has 0 saturated carbocycles. The first-order valence-electron chi connectivity index (χ1n) is 22.3. The summed E-state index contributed by atoms with van der Waals surface area (Å²) < 4.78 is 58.4. The van der Waals surface area contributed by atoms with Crippen molar-refractivity contribution in [1.29, 1.82) is 0 Å². The van der Waals surface area contributed by atoms with Crippen LogP contribution in [0.4, 0.5) is 62.2 Å². The predicted molar refractivity (Wildman–Crippen MR) is 276 cm³/mol. The lowest BCUT2D eigenvalue weighted by molar-refractivity contribution is 0.280. The van der Waals surface area contributed by atoms with Gasteiger partial charge in [0, 0.05) is 51.4 Å². The van der Waals surface area contributed by atoms with E-state index in [4.69, 9.17) is 33.9 Å². The zero-order valence-electron chi connectivity index (χ0n) is 40.2. The molecule has 4 aromatic carbocycles. The highest BCUT2D eigenvalue weighted by Crippen LogP contribution is 2.44. The van der Waals surface area contributed by atoms with Gasteiger partial charge < -0.3 is 54.5 Å². The lowest BCUT2D eigenvalue weighted by Gasteiger charge is -2.25. The quantitative estimate of drug-likeness (QED) is 0.0278. The molecule has 376 valence electrons. The zero-order chi connectivity index (χ0) is 50.8. The maximum atomic E-state index is 12.4. The fourth-order valence-electron chi connectivity index (χ4n) is 7.48. The summed E-state index contributed by atoms with van der Waals surface area (Å²) in [4.78, 5) is 28.8. The van der Waals surface area contributed by atoms with Gasteiger partial charge >= 0.3 is 0 Å². The van der Waals surface area contributed by atoms with Gasteiger partial charge in [0.05, 0.1) is 84.8 Å². The van der Waals surface area contributed by atoms with Gasteiger partial charge in [0.1, 0.15) is 34.4 Å². The van der Waals surface area contributed by atoms with Gasteiger partial charge in [-0.05, 0) is 70.2 Å². The van der Waals surface area contributed by atoms with Gasteiger partial charge in [-0.1, -0.05) is 22.7 Å². The second-order valence-corrected chi connectivity index (χ2v) is 18.4. The van der Waals surface area contributed by atoms with Crippen molar-refractivity contribution in [3.63, 3.8) is 0 Å². The highest BCUT2D eigenvalue weighted by atomic mass is 32.2. The molecule has 0 saturated heterocycles. The summed E-state index contributed by atoms with van der Waals surface area (Å²) in [5.41, 5.74) is 3.90. The lowest BCUT2D eigenvalue weighted by atomic mass is 10.2. The van der Waals surface area contributed by atoms with Crippen LogP contribution in [0.2, 0.25) is 0 Å². The topological polar surface area (TPSA) is 279 Å². The minimum Gasteiger partial charge on any atom is -0.497 e. The van der Waals surface area contributed by atoms with Gasteiger partial charge in [-0.15, -0.1) is 20.5 Å². The van der Waals surface area contributed by atoms with E-state index in [-0.39, 0.29) is 70.9 Å². The van der Waals surface area contributed by atoms with Gasteiger partial charge in [0.25, 0.3) is 10.1 Å². The molecule has 26 heteroatoms. The van der Waals surface area contributed by atoms with Crippen LogP contribution in [0, 0.1) is 0 Å². The van der Waals surface area contributed by atoms with E-state index >= 15 is 0 Å². The van der Waals surface area contributed by atoms with Gasteiger partial charge in [0.15, 0.2) is 4.90 Å². The Morgan fingerprint density at radius 3 is 1.58 bits per heavy atom. The van der Waals surface area contributed by atoms with Gasteiger partial charge in [-0.3, -0.25) is 4.55 Å². The van der Waals surface area contributed by atoms with Crippen molar-refractivity contribution in [2.24, 2.45) is 20.5 Å². The minimum atomic E-state index is -4.71. The normalized spacial score (nSPS) is 11.8. The van der Waals surface area contributed by atoms with Gasteiger partial charge in [0.2, 0.25) is 28.1 Å². The van der Waals surface area contributed by atoms with Crippen molar-refractivity contribution in [3.8, 4) is 23.0 Å². The van der Waals surface area contributed by atoms with Crippen LogP contribution in [0.3, 0.4) is 0 Å². The molecule has 0 unspecified atom stereocenters. The highest BCUT2D eigenvalue weighted by molar-refractivity contribution is 7.86. The molecule has 0 aliphatic carbocycles. The molecule has 3 aromatic heterocycles. The van der Waals surface area contributed by atoms with E-state index in [1.165, 1.54) is 31.6 Å². The number of aromatic nitrogens is 5. The van der Waals surface area contributed by atoms with E-state index in [1.54, 1.807) is 37.3 Å². The Morgan fingerprint density at radius 1 is 0.592 bits per heavy atom. The summed E-state index contributed by atoms with van der Waals surface area (Å²) in [5, 5.41) is 45.5. The SMILES string of the molecule is CCN(CC)c1cc(Nc2nc(Nc3cc(N(CC)CC)c(OC)cc3/N=N/c3nc4ccc(OC)c(S(=O)(=O)O)c4s3)nc(N(CCO)CCO)n2)c(/N=N/c2nc3ccc(OC)cc3s2)cc1OC. The molecule has 0 amide bonds. The number of nitrogens with zero attached hydrogens (tertiary/aromatic N) is 12. The van der Waals surface area contributed by atoms with Crippen LogP contribution >= 0.6 is 22.7 Å². The summed E-state index contributed by atoms with van der Waals surface area (Å²) in [6, 6.07) is 15.6. The molecule has 0 bridgehead atoms. The van der Waals surface area contributed by atoms with Crippen LogP contribution in [0.1, 0.15) is 27.7 Å². The van der Waals surface area contributed by atoms with Crippen molar-refractivity contribution in [1.82, 2.24) is 24.9 Å². The molecule has 0 radical (unpaired) electrons. The van der Waals surface area contributed by atoms with Crippen molar-refractivity contribution in [3.05, 3.63) is 54.6 Å². The number of anilines is 7. The van der Waals surface area contributed by atoms with Crippen LogP contribution in [-0.2, 0) is 10.1 Å². The Kier molecular flexibility index (Phi) is 16.9. The molecule has 23 nitrogen and oxygen atoms in total. The Morgan fingerprint density at radius 2 is 1.10 bits per heavy atom. The Bertz CT molecular complexity index is 3160. The van der Waals surface area contributed by atoms with E-state index in [0.717, 1.165) is 27.2 Å². The summed E-state index contributed by atoms with van der Waals surface area (Å²) in [7, 11) is 1.31. The molecule has 71 heavy (non-hydrogen) atoms. The van der Waals surface area contributed by atoms with Crippen LogP contribution in [0.5, 0.6) is 23.0 Å². The minimum absolute atomic E-state index is 0.0286. The largest absolute Gasteiger partial charge is 0.497 e. The molecular formula is C45H54N14O9S3. The summed E-state index contributed by atoms with van der Waals surface area (Å²) in [5.74, 6) is 1.85. The molecular weight excluding hydrogens is 977 g/mol. The maximum Gasteiger partial charge on any atom is 0.299 e. The Labute approximate surface area is 417 Å². The average molecular weight is 1030 g/mol. The fraction of sp³-hybridized carbons (Fsp3) is 0.356. The van der Waals surface area contributed by atoms with Gasteiger partial charge in [-0.2, -0.15) is 23.4 Å². The number of hydrogen-bond acceptors (Lipinski definition) is 24. The second-order valence-electron chi connectivity index (χ2n) is 15.0. The van der Waals surface area contributed by atoms with Crippen molar-refractivity contribution >= 4 is 115 Å². The number of hydrogen-bond donors (Lipinski definition) is 5. The third kappa shape index (κ3) is 11.8. The lowest BCUT2D eigenvalue weighted by Crippen LogP contribution is -2.31. The van der Waals surface area contributed by atoms with E-state index in [2.05, 4.69) is 50.9 Å². The number of aliphatic hydroxyl groups is 2. The number of benzene rings is 4. The number of ether oxygens (including phenoxy) is 4. The zero-order valence-corrected chi connectivity index (χ0v) is 42.7.